The molecule has 0 spiro atoms. The fraction of sp³-hybridized carbons (Fsp3) is 0.296. The third kappa shape index (κ3) is 6.02. The maximum Gasteiger partial charge on any atom is 0.352 e. The molecule has 0 saturated carbocycles. The van der Waals surface area contributed by atoms with Gasteiger partial charge in [0.2, 0.25) is 5.91 Å². The van der Waals surface area contributed by atoms with Crippen LogP contribution in [0, 0.1) is 12.7 Å². The van der Waals surface area contributed by atoms with Crippen molar-refractivity contribution in [3.05, 3.63) is 98.2 Å². The predicted molar refractivity (Wildman–Crippen MR) is 140 cm³/mol. The summed E-state index contributed by atoms with van der Waals surface area (Å²) < 4.78 is 20.2. The van der Waals surface area contributed by atoms with E-state index in [2.05, 4.69) is 10.4 Å². The number of carbonyl (C=O) groups excluding carboxylic acids is 2. The van der Waals surface area contributed by atoms with Gasteiger partial charge in [0, 0.05) is 44.0 Å². The van der Waals surface area contributed by atoms with Gasteiger partial charge in [0.15, 0.2) is 0 Å². The lowest BCUT2D eigenvalue weighted by Crippen LogP contribution is -2.43. The Kier molecular flexibility index (Phi) is 8.17. The molecule has 2 amide bonds. The summed E-state index contributed by atoms with van der Waals surface area (Å²) in [4.78, 5) is 52.5. The first-order chi connectivity index (χ1) is 18.6. The molecule has 4 rings (SSSR count). The first kappa shape index (κ1) is 27.6. The van der Waals surface area contributed by atoms with E-state index in [0.29, 0.717) is 22.4 Å². The van der Waals surface area contributed by atoms with E-state index in [-0.39, 0.29) is 31.2 Å². The van der Waals surface area contributed by atoms with E-state index in [1.165, 1.54) is 36.4 Å². The fourth-order valence-corrected chi connectivity index (χ4v) is 4.32. The average Bonchev–Trinajstić information content (AvgIpc) is 2.90. The van der Waals surface area contributed by atoms with Gasteiger partial charge in [-0.25, -0.2) is 9.18 Å². The van der Waals surface area contributed by atoms with Crippen molar-refractivity contribution in [2.24, 2.45) is 0 Å². The van der Waals surface area contributed by atoms with Crippen molar-refractivity contribution < 1.29 is 23.8 Å². The Morgan fingerprint density at radius 3 is 2.62 bits per heavy atom. The van der Waals surface area contributed by atoms with Gasteiger partial charge < -0.3 is 20.1 Å². The Hall–Kier alpha value is -4.42. The minimum absolute atomic E-state index is 0.0379. The highest BCUT2D eigenvalue weighted by Gasteiger charge is 2.31. The fourth-order valence-electron chi connectivity index (χ4n) is 4.32. The van der Waals surface area contributed by atoms with Gasteiger partial charge in [0.1, 0.15) is 12.0 Å². The number of aryl methyl sites for hydroxylation is 1. The van der Waals surface area contributed by atoms with Gasteiger partial charge in [-0.1, -0.05) is 18.2 Å². The van der Waals surface area contributed by atoms with E-state index in [9.17, 15) is 28.7 Å². The molecule has 0 bridgehead atoms. The molecular formula is C27H28FN5O6. The molecule has 204 valence electrons. The van der Waals surface area contributed by atoms with Crippen LogP contribution in [0.4, 0.5) is 10.1 Å². The van der Waals surface area contributed by atoms with Crippen molar-refractivity contribution in [1.29, 1.82) is 0 Å². The number of hydrogen-bond donors (Lipinski definition) is 2. The minimum Gasteiger partial charge on any atom is -0.389 e. The lowest BCUT2D eigenvalue weighted by atomic mass is 9.85. The average molecular weight is 538 g/mol. The van der Waals surface area contributed by atoms with E-state index in [4.69, 9.17) is 4.74 Å². The summed E-state index contributed by atoms with van der Waals surface area (Å²) in [5.74, 6) is -1.67. The van der Waals surface area contributed by atoms with E-state index < -0.39 is 35.0 Å². The normalized spacial score (nSPS) is 16.1. The zero-order valence-electron chi connectivity index (χ0n) is 21.6. The molecule has 0 unspecified atom stereocenters. The number of nitrogens with one attached hydrogen (secondary N) is 1. The van der Waals surface area contributed by atoms with Crippen LogP contribution < -0.4 is 16.6 Å². The number of carbonyl (C=O) groups is 2. The number of halogens is 1. The van der Waals surface area contributed by atoms with Crippen molar-refractivity contribution in [3.63, 3.8) is 0 Å². The van der Waals surface area contributed by atoms with Crippen LogP contribution in [0.1, 0.15) is 23.5 Å². The summed E-state index contributed by atoms with van der Waals surface area (Å²) in [6.07, 6.45) is 1.39. The molecule has 1 aromatic heterocycles. The van der Waals surface area contributed by atoms with Crippen LogP contribution in [0.25, 0.3) is 5.69 Å². The number of hydrogen-bond acceptors (Lipinski definition) is 7. The second-order valence-corrected chi connectivity index (χ2v) is 9.25. The highest BCUT2D eigenvalue weighted by atomic mass is 19.1. The Morgan fingerprint density at radius 2 is 1.92 bits per heavy atom. The number of nitrogens with zero attached hydrogens (tertiary/aromatic N) is 4. The van der Waals surface area contributed by atoms with E-state index in [1.54, 1.807) is 38.2 Å². The van der Waals surface area contributed by atoms with Crippen molar-refractivity contribution in [2.45, 2.75) is 31.9 Å². The molecule has 0 fully saturated rings. The van der Waals surface area contributed by atoms with Crippen LogP contribution in [0.3, 0.4) is 0 Å². The van der Waals surface area contributed by atoms with Crippen LogP contribution in [0.2, 0.25) is 0 Å². The van der Waals surface area contributed by atoms with E-state index in [1.807, 2.05) is 0 Å². The van der Waals surface area contributed by atoms with Gasteiger partial charge in [-0.3, -0.25) is 19.0 Å². The second-order valence-electron chi connectivity index (χ2n) is 9.25. The van der Waals surface area contributed by atoms with Gasteiger partial charge in [0.25, 0.3) is 11.5 Å². The smallest absolute Gasteiger partial charge is 0.352 e. The monoisotopic (exact) mass is 537 g/mol. The molecule has 11 nitrogen and oxygen atoms in total. The quantitative estimate of drug-likeness (QED) is 0.442. The van der Waals surface area contributed by atoms with Crippen molar-refractivity contribution >= 4 is 17.5 Å². The molecule has 12 heteroatoms. The lowest BCUT2D eigenvalue weighted by molar-refractivity contribution is -0.128. The van der Waals surface area contributed by atoms with Gasteiger partial charge in [0.05, 0.1) is 24.9 Å². The summed E-state index contributed by atoms with van der Waals surface area (Å²) in [5.41, 5.74) is 0.815. The topological polar surface area (TPSA) is 136 Å². The summed E-state index contributed by atoms with van der Waals surface area (Å²) in [7, 11) is 2.94. The Labute approximate surface area is 222 Å². The van der Waals surface area contributed by atoms with Crippen LogP contribution >= 0.6 is 0 Å². The van der Waals surface area contributed by atoms with E-state index in [0.717, 1.165) is 15.4 Å². The van der Waals surface area contributed by atoms with Crippen molar-refractivity contribution in [3.8, 4) is 5.69 Å². The second kappa shape index (κ2) is 11.5. The van der Waals surface area contributed by atoms with Gasteiger partial charge in [-0.05, 0) is 42.3 Å². The number of ether oxygens (including phenoxy) is 1. The number of rotatable bonds is 8. The van der Waals surface area contributed by atoms with Gasteiger partial charge in [-0.2, -0.15) is 9.78 Å². The summed E-state index contributed by atoms with van der Waals surface area (Å²) >= 11 is 0. The highest BCUT2D eigenvalue weighted by Crippen LogP contribution is 2.33. The molecule has 0 aliphatic carbocycles. The van der Waals surface area contributed by atoms with Gasteiger partial charge >= 0.3 is 5.69 Å². The first-order valence-corrected chi connectivity index (χ1v) is 12.1. The third-order valence-electron chi connectivity index (χ3n) is 6.44. The number of amides is 2. The number of benzene rings is 2. The zero-order valence-corrected chi connectivity index (χ0v) is 21.6. The maximum absolute atomic E-state index is 13.5. The highest BCUT2D eigenvalue weighted by molar-refractivity contribution is 6.06. The Bertz CT molecular complexity index is 1550. The molecule has 3 aromatic rings. The molecule has 2 N–H and O–H groups in total. The van der Waals surface area contributed by atoms with Crippen molar-refractivity contribution in [1.82, 2.24) is 19.2 Å². The lowest BCUT2D eigenvalue weighted by Gasteiger charge is -2.28. The maximum atomic E-state index is 13.5. The summed E-state index contributed by atoms with van der Waals surface area (Å²) in [6, 6.07) is 10.5. The SMILES string of the molecule is COC[C@H](O)Cn1c(=O)cnn(-c2ccc(C)c(NC(=O)C3=CN(C)C(=O)C[C@H]3c3ccc(F)cc3)c2)c1=O. The molecule has 0 saturated heterocycles. The molecule has 1 aliphatic rings. The van der Waals surface area contributed by atoms with E-state index >= 15 is 0 Å². The Morgan fingerprint density at radius 1 is 1.21 bits per heavy atom. The molecule has 1 aliphatic heterocycles. The Balaban J connectivity index is 1.66. The molecule has 2 atom stereocenters. The number of aliphatic hydroxyl groups excluding tert-OH is 1. The van der Waals surface area contributed by atoms with Crippen LogP contribution in [-0.2, 0) is 20.9 Å². The van der Waals surface area contributed by atoms with Crippen LogP contribution in [-0.4, -0.2) is 63.0 Å². The number of anilines is 1. The molecule has 0 radical (unpaired) electrons. The largest absolute Gasteiger partial charge is 0.389 e. The van der Waals surface area contributed by atoms with Crippen molar-refractivity contribution in [2.75, 3.05) is 26.1 Å². The number of methoxy groups -OCH3 is 1. The summed E-state index contributed by atoms with van der Waals surface area (Å²) in [5, 5.41) is 16.8. The third-order valence-corrected chi connectivity index (χ3v) is 6.44. The molecular weight excluding hydrogens is 509 g/mol. The predicted octanol–water partition coefficient (Wildman–Crippen LogP) is 1.32. The number of aromatic nitrogens is 3. The molecule has 2 heterocycles. The molecule has 39 heavy (non-hydrogen) atoms. The standard InChI is InChI=1S/C27H28FN5O6/c1-16-4-9-19(33-27(38)32(25(36)12-29-33)13-20(34)15-39-3)10-23(16)30-26(37)22-14-31(2)24(35)11-21(22)17-5-7-18(28)8-6-17/h4-10,12,14,20-21,34H,11,13,15H2,1-3H3,(H,30,37)/t20-,21+/m1/s1. The van der Waals surface area contributed by atoms with Crippen LogP contribution in [0.5, 0.6) is 0 Å². The summed E-state index contributed by atoms with van der Waals surface area (Å²) in [6.45, 7) is 1.42. The minimum atomic E-state index is -1.08. The first-order valence-electron chi connectivity index (χ1n) is 12.1. The van der Waals surface area contributed by atoms with Crippen LogP contribution in [0.15, 0.2) is 70.0 Å². The van der Waals surface area contributed by atoms with Gasteiger partial charge in [-0.15, -0.1) is 0 Å². The number of aliphatic hydroxyl groups is 1. The zero-order chi connectivity index (χ0) is 28.3. The molecule has 2 aromatic carbocycles.